The molecule has 0 aromatic heterocycles. The van der Waals surface area contributed by atoms with E-state index in [2.05, 4.69) is 4.72 Å². The van der Waals surface area contributed by atoms with Crippen molar-refractivity contribution in [1.82, 2.24) is 4.90 Å². The van der Waals surface area contributed by atoms with Gasteiger partial charge in [-0.2, -0.15) is 0 Å². The first-order valence-electron chi connectivity index (χ1n) is 11.8. The van der Waals surface area contributed by atoms with Gasteiger partial charge in [-0.3, -0.25) is 14.3 Å². The molecule has 3 aromatic rings. The lowest BCUT2D eigenvalue weighted by atomic mass is 9.74. The van der Waals surface area contributed by atoms with Gasteiger partial charge in [0.15, 0.2) is 5.78 Å². The predicted molar refractivity (Wildman–Crippen MR) is 142 cm³/mol. The Balaban J connectivity index is 1.74. The molecule has 0 saturated heterocycles. The molecular formula is C28H29ClN2O4S. The van der Waals surface area contributed by atoms with Gasteiger partial charge >= 0.3 is 0 Å². The van der Waals surface area contributed by atoms with E-state index < -0.39 is 21.5 Å². The van der Waals surface area contributed by atoms with Crippen molar-refractivity contribution in [3.05, 3.63) is 94.0 Å². The van der Waals surface area contributed by atoms with E-state index in [0.29, 0.717) is 34.7 Å². The average Bonchev–Trinajstić information content (AvgIpc) is 2.84. The van der Waals surface area contributed by atoms with Crippen LogP contribution in [0.15, 0.2) is 71.6 Å². The molecule has 1 N–H and O–H groups in total. The molecular weight excluding hydrogens is 496 g/mol. The number of halogens is 1. The van der Waals surface area contributed by atoms with Crippen LogP contribution in [0, 0.1) is 13.8 Å². The van der Waals surface area contributed by atoms with E-state index in [4.69, 9.17) is 11.6 Å². The van der Waals surface area contributed by atoms with Crippen molar-refractivity contribution in [3.63, 3.8) is 0 Å². The van der Waals surface area contributed by atoms with E-state index in [1.54, 1.807) is 68.6 Å². The van der Waals surface area contributed by atoms with Crippen molar-refractivity contribution in [2.45, 2.75) is 50.0 Å². The Morgan fingerprint density at radius 1 is 1.00 bits per heavy atom. The van der Waals surface area contributed by atoms with Crippen LogP contribution < -0.4 is 4.72 Å². The maximum absolute atomic E-state index is 13.8. The van der Waals surface area contributed by atoms with E-state index >= 15 is 0 Å². The van der Waals surface area contributed by atoms with E-state index in [0.717, 1.165) is 18.4 Å². The quantitative estimate of drug-likeness (QED) is 0.437. The van der Waals surface area contributed by atoms with Crippen molar-refractivity contribution in [3.8, 4) is 0 Å². The molecule has 3 aromatic carbocycles. The van der Waals surface area contributed by atoms with Crippen molar-refractivity contribution < 1.29 is 18.0 Å². The second kappa shape index (κ2) is 10.1. The molecule has 6 nitrogen and oxygen atoms in total. The second-order valence-electron chi connectivity index (χ2n) is 9.29. The maximum Gasteiger partial charge on any atom is 0.262 e. The highest BCUT2D eigenvalue weighted by atomic mass is 35.5. The van der Waals surface area contributed by atoms with Crippen LogP contribution in [0.3, 0.4) is 0 Å². The monoisotopic (exact) mass is 524 g/mol. The number of carbonyl (C=O) groups is 2. The lowest BCUT2D eigenvalue weighted by Crippen LogP contribution is -2.54. The van der Waals surface area contributed by atoms with Gasteiger partial charge in [-0.05, 0) is 74.6 Å². The Morgan fingerprint density at radius 2 is 1.75 bits per heavy atom. The zero-order valence-electron chi connectivity index (χ0n) is 20.5. The number of benzene rings is 3. The van der Waals surface area contributed by atoms with Crippen molar-refractivity contribution in [1.29, 1.82) is 0 Å². The van der Waals surface area contributed by atoms with Gasteiger partial charge in [0, 0.05) is 35.3 Å². The third-order valence-corrected chi connectivity index (χ3v) is 8.70. The van der Waals surface area contributed by atoms with Gasteiger partial charge in [0.2, 0.25) is 0 Å². The first-order chi connectivity index (χ1) is 17.1. The molecule has 1 aliphatic carbocycles. The van der Waals surface area contributed by atoms with Crippen molar-refractivity contribution >= 4 is 39.0 Å². The average molecular weight is 525 g/mol. The summed E-state index contributed by atoms with van der Waals surface area (Å²) in [5.74, 6) is -0.518. The van der Waals surface area contributed by atoms with Gasteiger partial charge in [-0.25, -0.2) is 8.42 Å². The van der Waals surface area contributed by atoms with E-state index in [9.17, 15) is 18.0 Å². The number of Topliss-reactive ketones (excluding diaryl/α,β-unsaturated/α-hetero) is 1. The lowest BCUT2D eigenvalue weighted by Gasteiger charge is -2.44. The summed E-state index contributed by atoms with van der Waals surface area (Å²) in [6, 6.07) is 18.7. The van der Waals surface area contributed by atoms with Gasteiger partial charge in [-0.1, -0.05) is 48.0 Å². The zero-order valence-corrected chi connectivity index (χ0v) is 22.1. The van der Waals surface area contributed by atoms with Gasteiger partial charge in [0.25, 0.3) is 15.9 Å². The Bertz CT molecular complexity index is 1440. The van der Waals surface area contributed by atoms with Crippen LogP contribution in [0.2, 0.25) is 5.02 Å². The lowest BCUT2D eigenvalue weighted by molar-refractivity contribution is -0.132. The molecule has 8 heteroatoms. The van der Waals surface area contributed by atoms with Crippen LogP contribution in [-0.4, -0.2) is 32.1 Å². The standard InChI is InChI=1S/C28H29ClN2O4S/c1-19-9-8-10-22(17-19)30-36(34,35)25-18-21(15-14-20(25)2)27(33)31(3)28(16-7-6-13-26(28)32)23-11-4-5-12-24(23)29/h4-5,8-12,14-15,17-18,30H,6-7,13,16H2,1-3H3/t28-/m0/s1. The highest BCUT2D eigenvalue weighted by Crippen LogP contribution is 2.43. The molecule has 4 rings (SSSR count). The number of amides is 1. The van der Waals surface area contributed by atoms with Crippen LogP contribution in [0.25, 0.3) is 0 Å². The van der Waals surface area contributed by atoms with E-state index in [-0.39, 0.29) is 16.2 Å². The summed E-state index contributed by atoms with van der Waals surface area (Å²) >= 11 is 6.52. The van der Waals surface area contributed by atoms with Gasteiger partial charge in [0.1, 0.15) is 5.54 Å². The van der Waals surface area contributed by atoms with E-state index in [1.165, 1.54) is 11.0 Å². The van der Waals surface area contributed by atoms with Crippen LogP contribution in [0.4, 0.5) is 5.69 Å². The van der Waals surface area contributed by atoms with Gasteiger partial charge < -0.3 is 4.90 Å². The molecule has 1 fully saturated rings. The number of aryl methyl sites for hydroxylation is 2. The Hall–Kier alpha value is -3.16. The molecule has 0 spiro atoms. The minimum atomic E-state index is -3.96. The summed E-state index contributed by atoms with van der Waals surface area (Å²) in [5.41, 5.74) is 1.42. The minimum Gasteiger partial charge on any atom is -0.325 e. The first kappa shape index (κ1) is 25.9. The molecule has 1 aliphatic rings. The molecule has 0 aliphatic heterocycles. The summed E-state index contributed by atoms with van der Waals surface area (Å²) in [7, 11) is -2.37. The molecule has 0 bridgehead atoms. The molecule has 1 amide bonds. The van der Waals surface area contributed by atoms with Gasteiger partial charge in [-0.15, -0.1) is 0 Å². The summed E-state index contributed by atoms with van der Waals surface area (Å²) in [5, 5.41) is 0.418. The number of anilines is 1. The molecule has 0 heterocycles. The maximum atomic E-state index is 13.8. The second-order valence-corrected chi connectivity index (χ2v) is 11.3. The van der Waals surface area contributed by atoms with Crippen LogP contribution in [-0.2, 0) is 20.4 Å². The Labute approximate surface area is 217 Å². The number of hydrogen-bond acceptors (Lipinski definition) is 4. The van der Waals surface area contributed by atoms with Crippen LogP contribution in [0.1, 0.15) is 52.7 Å². The minimum absolute atomic E-state index is 0.00465. The number of nitrogens with zero attached hydrogens (tertiary/aromatic N) is 1. The SMILES string of the molecule is Cc1cccc(NS(=O)(=O)c2cc(C(=O)N(C)[C@]3(c4ccccc4Cl)CCCCC3=O)ccc2C)c1. The fraction of sp³-hybridized carbons (Fsp3) is 0.286. The molecule has 1 saturated carbocycles. The molecule has 0 unspecified atom stereocenters. The van der Waals surface area contributed by atoms with Crippen LogP contribution in [0.5, 0.6) is 0 Å². The number of likely N-dealkylation sites (N-methyl/N-ethyl adjacent to an activating group) is 1. The number of rotatable bonds is 6. The van der Waals surface area contributed by atoms with Crippen LogP contribution >= 0.6 is 11.6 Å². The third-order valence-electron chi connectivity index (χ3n) is 6.85. The normalized spacial score (nSPS) is 18.1. The highest BCUT2D eigenvalue weighted by molar-refractivity contribution is 7.92. The number of hydrogen-bond donors (Lipinski definition) is 1. The molecule has 188 valence electrons. The number of ketones is 1. The highest BCUT2D eigenvalue weighted by Gasteiger charge is 2.48. The van der Waals surface area contributed by atoms with Crippen molar-refractivity contribution in [2.24, 2.45) is 0 Å². The summed E-state index contributed by atoms with van der Waals surface area (Å²) < 4.78 is 29.1. The molecule has 0 radical (unpaired) electrons. The third kappa shape index (κ3) is 4.77. The summed E-state index contributed by atoms with van der Waals surface area (Å²) in [4.78, 5) is 28.6. The fourth-order valence-electron chi connectivity index (χ4n) is 4.94. The van der Waals surface area contributed by atoms with Gasteiger partial charge in [0.05, 0.1) is 4.90 Å². The zero-order chi connectivity index (χ0) is 26.1. The fourth-order valence-corrected chi connectivity index (χ4v) is 6.55. The topological polar surface area (TPSA) is 83.6 Å². The van der Waals surface area contributed by atoms with Crippen molar-refractivity contribution in [2.75, 3.05) is 11.8 Å². The Kier molecular flexibility index (Phi) is 7.25. The largest absolute Gasteiger partial charge is 0.325 e. The van der Waals surface area contributed by atoms with E-state index in [1.807, 2.05) is 13.0 Å². The molecule has 36 heavy (non-hydrogen) atoms. The molecule has 1 atom stereocenters. The predicted octanol–water partition coefficient (Wildman–Crippen LogP) is 5.87. The smallest absolute Gasteiger partial charge is 0.262 e. The number of nitrogens with one attached hydrogen (secondary N) is 1. The number of carbonyl (C=O) groups excluding carboxylic acids is 2. The number of sulfonamides is 1. The summed E-state index contributed by atoms with van der Waals surface area (Å²) in [6.07, 6.45) is 2.31. The Morgan fingerprint density at radius 3 is 2.44 bits per heavy atom. The first-order valence-corrected chi connectivity index (χ1v) is 13.7. The summed E-state index contributed by atoms with van der Waals surface area (Å²) in [6.45, 7) is 3.55.